The van der Waals surface area contributed by atoms with E-state index in [9.17, 15) is 9.59 Å². The number of hydrogen-bond donors (Lipinski definition) is 1. The molecule has 1 fully saturated rings. The van der Waals surface area contributed by atoms with Crippen molar-refractivity contribution in [1.82, 2.24) is 5.32 Å². The molecule has 1 saturated heterocycles. The zero-order valence-corrected chi connectivity index (χ0v) is 17.6. The van der Waals surface area contributed by atoms with Crippen molar-refractivity contribution in [2.45, 2.75) is 13.0 Å². The fourth-order valence-corrected chi connectivity index (χ4v) is 3.54. The molecular weight excluding hydrogens is 388 g/mol. The van der Waals surface area contributed by atoms with Crippen LogP contribution in [0.4, 0.5) is 5.69 Å². The average Bonchev–Trinajstić information content (AvgIpc) is 3.17. The molecule has 2 aromatic rings. The van der Waals surface area contributed by atoms with Crippen LogP contribution in [0.25, 0.3) is 0 Å². The molecule has 1 aliphatic heterocycles. The first-order chi connectivity index (χ1) is 14.5. The molecule has 0 bridgehead atoms. The van der Waals surface area contributed by atoms with Crippen LogP contribution in [0.1, 0.15) is 12.0 Å². The molecule has 0 aromatic heterocycles. The van der Waals surface area contributed by atoms with Crippen molar-refractivity contribution >= 4 is 17.5 Å². The lowest BCUT2D eigenvalue weighted by Gasteiger charge is -2.19. The van der Waals surface area contributed by atoms with Crippen molar-refractivity contribution in [3.8, 4) is 23.0 Å². The number of carbonyl (C=O) groups excluding carboxylic acids is 2. The Balaban J connectivity index is 1.68. The molecule has 0 saturated carbocycles. The Bertz CT molecular complexity index is 905. The first-order valence-electron chi connectivity index (χ1n) is 9.52. The monoisotopic (exact) mass is 414 g/mol. The van der Waals surface area contributed by atoms with E-state index in [0.29, 0.717) is 35.2 Å². The summed E-state index contributed by atoms with van der Waals surface area (Å²) in [4.78, 5) is 26.8. The van der Waals surface area contributed by atoms with E-state index in [1.165, 1.54) is 21.3 Å². The van der Waals surface area contributed by atoms with Crippen LogP contribution in [0.2, 0.25) is 0 Å². The van der Waals surface area contributed by atoms with Crippen LogP contribution in [-0.4, -0.2) is 46.8 Å². The Morgan fingerprint density at radius 1 is 1.00 bits per heavy atom. The fourth-order valence-electron chi connectivity index (χ4n) is 3.54. The largest absolute Gasteiger partial charge is 0.495 e. The van der Waals surface area contributed by atoms with Crippen molar-refractivity contribution < 1.29 is 28.5 Å². The lowest BCUT2D eigenvalue weighted by Crippen LogP contribution is -2.32. The van der Waals surface area contributed by atoms with Gasteiger partial charge in [-0.15, -0.1) is 0 Å². The summed E-state index contributed by atoms with van der Waals surface area (Å²) in [5, 5.41) is 2.90. The second-order valence-corrected chi connectivity index (χ2v) is 6.83. The van der Waals surface area contributed by atoms with Gasteiger partial charge in [0.05, 0.1) is 40.0 Å². The number of benzene rings is 2. The van der Waals surface area contributed by atoms with Gasteiger partial charge in [0.2, 0.25) is 17.6 Å². The number of hydrogen-bond acceptors (Lipinski definition) is 6. The molecular formula is C22H26N2O6. The van der Waals surface area contributed by atoms with Gasteiger partial charge in [-0.1, -0.05) is 12.1 Å². The number of amides is 2. The standard InChI is InChI=1S/C22H26N2O6/c1-27-17-8-6-5-7-16(17)24-13-15(11-20(24)25)22(26)23-12-14-9-18(28-2)21(30-4)19(10-14)29-3/h5-10,15H,11-13H2,1-4H3,(H,23,26). The Labute approximate surface area is 175 Å². The van der Waals surface area contributed by atoms with Crippen LogP contribution in [0.15, 0.2) is 36.4 Å². The van der Waals surface area contributed by atoms with Crippen molar-refractivity contribution in [3.63, 3.8) is 0 Å². The van der Waals surface area contributed by atoms with Gasteiger partial charge < -0.3 is 29.2 Å². The molecule has 1 heterocycles. The third-order valence-corrected chi connectivity index (χ3v) is 5.06. The van der Waals surface area contributed by atoms with E-state index in [0.717, 1.165) is 5.56 Å². The number of anilines is 1. The van der Waals surface area contributed by atoms with Crippen LogP contribution in [0.5, 0.6) is 23.0 Å². The summed E-state index contributed by atoms with van der Waals surface area (Å²) in [6, 6.07) is 10.8. The van der Waals surface area contributed by atoms with Crippen molar-refractivity contribution in [2.75, 3.05) is 39.9 Å². The number of para-hydroxylation sites is 2. The molecule has 1 aliphatic rings. The summed E-state index contributed by atoms with van der Waals surface area (Å²) in [6.45, 7) is 0.579. The summed E-state index contributed by atoms with van der Waals surface area (Å²) < 4.78 is 21.3. The fraction of sp³-hybridized carbons (Fsp3) is 0.364. The highest BCUT2D eigenvalue weighted by Crippen LogP contribution is 2.38. The molecule has 1 atom stereocenters. The van der Waals surface area contributed by atoms with Gasteiger partial charge in [0.25, 0.3) is 0 Å². The number of nitrogens with zero attached hydrogens (tertiary/aromatic N) is 1. The molecule has 2 aromatic carbocycles. The highest BCUT2D eigenvalue weighted by molar-refractivity contribution is 6.01. The predicted molar refractivity (Wildman–Crippen MR) is 111 cm³/mol. The molecule has 160 valence electrons. The van der Waals surface area contributed by atoms with Gasteiger partial charge in [-0.3, -0.25) is 9.59 Å². The quantitative estimate of drug-likeness (QED) is 0.714. The van der Waals surface area contributed by atoms with Crippen LogP contribution in [0.3, 0.4) is 0 Å². The van der Waals surface area contributed by atoms with E-state index in [1.807, 2.05) is 18.2 Å². The first-order valence-corrected chi connectivity index (χ1v) is 9.52. The molecule has 8 heteroatoms. The second kappa shape index (κ2) is 9.39. The first kappa shape index (κ1) is 21.3. The van der Waals surface area contributed by atoms with Gasteiger partial charge in [0, 0.05) is 19.5 Å². The van der Waals surface area contributed by atoms with E-state index in [4.69, 9.17) is 18.9 Å². The molecule has 0 radical (unpaired) electrons. The lowest BCUT2D eigenvalue weighted by molar-refractivity contribution is -0.126. The van der Waals surface area contributed by atoms with E-state index in [2.05, 4.69) is 5.32 Å². The molecule has 2 amide bonds. The van der Waals surface area contributed by atoms with E-state index in [1.54, 1.807) is 30.2 Å². The molecule has 3 rings (SSSR count). The third kappa shape index (κ3) is 4.27. The Morgan fingerprint density at radius 3 is 2.23 bits per heavy atom. The molecule has 30 heavy (non-hydrogen) atoms. The third-order valence-electron chi connectivity index (χ3n) is 5.06. The summed E-state index contributed by atoms with van der Waals surface area (Å²) in [5.74, 6) is 1.39. The maximum Gasteiger partial charge on any atom is 0.227 e. The van der Waals surface area contributed by atoms with Gasteiger partial charge in [0.15, 0.2) is 11.5 Å². The summed E-state index contributed by atoms with van der Waals surface area (Å²) in [6.07, 6.45) is 0.152. The number of carbonyl (C=O) groups is 2. The van der Waals surface area contributed by atoms with Crippen LogP contribution >= 0.6 is 0 Å². The number of methoxy groups -OCH3 is 4. The van der Waals surface area contributed by atoms with Crippen LogP contribution < -0.4 is 29.2 Å². The number of ether oxygens (including phenoxy) is 4. The van der Waals surface area contributed by atoms with E-state index in [-0.39, 0.29) is 24.8 Å². The Morgan fingerprint density at radius 2 is 1.63 bits per heavy atom. The van der Waals surface area contributed by atoms with E-state index >= 15 is 0 Å². The Hall–Kier alpha value is -3.42. The SMILES string of the molecule is COc1ccccc1N1CC(C(=O)NCc2cc(OC)c(OC)c(OC)c2)CC1=O. The molecule has 0 spiro atoms. The topological polar surface area (TPSA) is 86.3 Å². The normalized spacial score (nSPS) is 15.7. The maximum absolute atomic E-state index is 12.7. The minimum Gasteiger partial charge on any atom is -0.495 e. The zero-order chi connectivity index (χ0) is 21.7. The van der Waals surface area contributed by atoms with Gasteiger partial charge in [-0.2, -0.15) is 0 Å². The second-order valence-electron chi connectivity index (χ2n) is 6.83. The minimum absolute atomic E-state index is 0.104. The van der Waals surface area contributed by atoms with Gasteiger partial charge >= 0.3 is 0 Å². The molecule has 1 unspecified atom stereocenters. The van der Waals surface area contributed by atoms with Crippen molar-refractivity contribution in [1.29, 1.82) is 0 Å². The molecule has 1 N–H and O–H groups in total. The minimum atomic E-state index is -0.440. The summed E-state index contributed by atoms with van der Waals surface area (Å²) >= 11 is 0. The van der Waals surface area contributed by atoms with Gasteiger partial charge in [-0.05, 0) is 29.8 Å². The highest BCUT2D eigenvalue weighted by atomic mass is 16.5. The number of nitrogens with one attached hydrogen (secondary N) is 1. The Kier molecular flexibility index (Phi) is 6.66. The summed E-state index contributed by atoms with van der Waals surface area (Å²) in [7, 11) is 6.17. The van der Waals surface area contributed by atoms with Crippen molar-refractivity contribution in [2.24, 2.45) is 5.92 Å². The average molecular weight is 414 g/mol. The lowest BCUT2D eigenvalue weighted by atomic mass is 10.1. The molecule has 8 nitrogen and oxygen atoms in total. The van der Waals surface area contributed by atoms with Gasteiger partial charge in [0.1, 0.15) is 5.75 Å². The number of rotatable bonds is 8. The molecule has 0 aliphatic carbocycles. The van der Waals surface area contributed by atoms with Crippen LogP contribution in [-0.2, 0) is 16.1 Å². The van der Waals surface area contributed by atoms with Gasteiger partial charge in [-0.25, -0.2) is 0 Å². The predicted octanol–water partition coefficient (Wildman–Crippen LogP) is 2.39. The maximum atomic E-state index is 12.7. The zero-order valence-electron chi connectivity index (χ0n) is 17.6. The van der Waals surface area contributed by atoms with E-state index < -0.39 is 5.92 Å². The van der Waals surface area contributed by atoms with Crippen molar-refractivity contribution in [3.05, 3.63) is 42.0 Å². The van der Waals surface area contributed by atoms with Crippen LogP contribution in [0, 0.1) is 5.92 Å². The smallest absolute Gasteiger partial charge is 0.227 e. The summed E-state index contributed by atoms with van der Waals surface area (Å²) in [5.41, 5.74) is 1.47. The highest BCUT2D eigenvalue weighted by Gasteiger charge is 2.36.